The zero-order valence-corrected chi connectivity index (χ0v) is 36.6. The van der Waals surface area contributed by atoms with Gasteiger partial charge in [0.25, 0.3) is 11.8 Å². The number of rotatable bonds is 16. The molecular weight excluding hydrogens is 841 g/mol. The highest BCUT2D eigenvalue weighted by Gasteiger charge is 2.55. The van der Waals surface area contributed by atoms with Gasteiger partial charge in [-0.1, -0.05) is 128 Å². The molecule has 0 saturated carbocycles. The lowest BCUT2D eigenvalue weighted by molar-refractivity contribution is -0.169. The number of hydrogen-bond donors (Lipinski definition) is 2. The molecule has 2 aromatic heterocycles. The van der Waals surface area contributed by atoms with Crippen LogP contribution in [0.2, 0.25) is 0 Å². The van der Waals surface area contributed by atoms with Gasteiger partial charge in [-0.3, -0.25) is 19.5 Å². The first-order valence-corrected chi connectivity index (χ1v) is 22.3. The van der Waals surface area contributed by atoms with Crippen molar-refractivity contribution in [1.82, 2.24) is 20.2 Å². The summed E-state index contributed by atoms with van der Waals surface area (Å²) in [6.45, 7) is 6.99. The minimum Gasteiger partial charge on any atom is -0.431 e. The van der Waals surface area contributed by atoms with Crippen molar-refractivity contribution in [2.45, 2.75) is 69.9 Å². The lowest BCUT2D eigenvalue weighted by Crippen LogP contribution is -2.71. The van der Waals surface area contributed by atoms with Gasteiger partial charge < -0.3 is 30.1 Å². The van der Waals surface area contributed by atoms with Gasteiger partial charge in [-0.15, -0.1) is 23.1 Å². The highest BCUT2D eigenvalue weighted by atomic mass is 32.2. The molecule has 2 amide bonds. The fourth-order valence-corrected chi connectivity index (χ4v) is 9.08. The molecule has 16 heteroatoms. The van der Waals surface area contributed by atoms with Gasteiger partial charge in [0.1, 0.15) is 28.9 Å². The monoisotopic (exact) mass is 886 g/mol. The van der Waals surface area contributed by atoms with E-state index in [9.17, 15) is 19.2 Å². The van der Waals surface area contributed by atoms with E-state index >= 15 is 0 Å². The van der Waals surface area contributed by atoms with Crippen LogP contribution >= 0.6 is 23.1 Å². The van der Waals surface area contributed by atoms with Crippen LogP contribution in [0.25, 0.3) is 6.08 Å². The number of oxime groups is 1. The lowest BCUT2D eigenvalue weighted by atomic mass is 9.80. The fraction of sp³-hybridized carbons (Fsp3) is 0.255. The van der Waals surface area contributed by atoms with E-state index < -0.39 is 47.2 Å². The van der Waals surface area contributed by atoms with Crippen molar-refractivity contribution in [3.05, 3.63) is 166 Å². The number of thiazole rings is 1. The average Bonchev–Trinajstić information content (AvgIpc) is 3.74. The molecule has 3 atom stereocenters. The highest BCUT2D eigenvalue weighted by Crippen LogP contribution is 2.43. The number of anilines is 1. The quantitative estimate of drug-likeness (QED) is 0.0246. The molecule has 0 spiro atoms. The van der Waals surface area contributed by atoms with Crippen LogP contribution in [0.15, 0.2) is 137 Å². The number of carbonyl (C=O) groups excluding carboxylic acids is 4. The van der Waals surface area contributed by atoms with E-state index in [1.165, 1.54) is 23.6 Å². The van der Waals surface area contributed by atoms with Gasteiger partial charge in [0.2, 0.25) is 11.9 Å². The van der Waals surface area contributed by atoms with E-state index in [1.54, 1.807) is 29.8 Å². The SMILES string of the molecule is CCC(CC)OC(=O)OC(C)OC(=O)C1=C(/C=C\c2cccnc2C)CS[C@@H]2[C@H](NC(=O)/C(=N/OC(c3ccccc3)(c3ccccc3)c3ccccc3)c3csc(N)n3)C(=O)N12. The summed E-state index contributed by atoms with van der Waals surface area (Å²) in [6, 6.07) is 31.1. The van der Waals surface area contributed by atoms with Crippen LogP contribution in [0.3, 0.4) is 0 Å². The summed E-state index contributed by atoms with van der Waals surface area (Å²) >= 11 is 2.46. The van der Waals surface area contributed by atoms with Crippen molar-refractivity contribution >= 4 is 64.0 Å². The van der Waals surface area contributed by atoms with Crippen LogP contribution in [-0.4, -0.2) is 74.1 Å². The number of nitrogens with zero attached hydrogens (tertiary/aromatic N) is 4. The number of allylic oxidation sites excluding steroid dienone is 1. The minimum atomic E-state index is -1.35. The Morgan fingerprint density at radius 3 is 2.08 bits per heavy atom. The van der Waals surface area contributed by atoms with Gasteiger partial charge in [-0.25, -0.2) is 14.6 Å². The third kappa shape index (κ3) is 9.66. The van der Waals surface area contributed by atoms with Gasteiger partial charge in [0.05, 0.1) is 0 Å². The summed E-state index contributed by atoms with van der Waals surface area (Å²) in [5.74, 6) is -1.99. The number of thioether (sulfide) groups is 1. The van der Waals surface area contributed by atoms with Gasteiger partial charge in [0, 0.05) is 46.6 Å². The maximum atomic E-state index is 14.5. The molecule has 7 rings (SSSR count). The Kier molecular flexibility index (Phi) is 14.0. The average molecular weight is 887 g/mol. The molecule has 4 heterocycles. The summed E-state index contributed by atoms with van der Waals surface area (Å²) in [7, 11) is 0. The maximum Gasteiger partial charge on any atom is 0.511 e. The Morgan fingerprint density at radius 1 is 0.905 bits per heavy atom. The minimum absolute atomic E-state index is 0.0567. The molecule has 1 saturated heterocycles. The zero-order chi connectivity index (χ0) is 44.5. The Balaban J connectivity index is 1.19. The fourth-order valence-electron chi connectivity index (χ4n) is 7.21. The number of ether oxygens (including phenoxy) is 3. The van der Waals surface area contributed by atoms with Crippen LogP contribution in [0.4, 0.5) is 9.93 Å². The Hall–Kier alpha value is -6.78. The van der Waals surface area contributed by atoms with Gasteiger partial charge in [-0.2, -0.15) is 0 Å². The topological polar surface area (TPSA) is 185 Å². The number of nitrogens with two attached hydrogens (primary N) is 1. The molecule has 3 N–H and O–H groups in total. The van der Waals surface area contributed by atoms with Gasteiger partial charge in [0.15, 0.2) is 10.8 Å². The summed E-state index contributed by atoms with van der Waals surface area (Å²) in [4.78, 5) is 71.8. The van der Waals surface area contributed by atoms with Crippen LogP contribution in [0.1, 0.15) is 67.3 Å². The normalized spacial score (nSPS) is 16.9. The molecule has 0 bridgehead atoms. The number of amides is 2. The molecule has 1 fully saturated rings. The standard InChI is InChI=1S/C47H46N6O8S2/c1-5-36(6-2)60-46(57)59-30(4)58-44(56)40-32(25-24-31-17-16-26-49-29(31)3)27-62-43-39(42(55)53(40)43)51-41(54)38(37-28-63-45(48)50-37)52-61-47(33-18-10-7-11-19-33,34-20-12-8-13-21-34)35-22-14-9-15-23-35/h7-26,28,30,36,39,43H,5-6,27H2,1-4H3,(H2,48,50)(H,51,54)/b25-24-,52-38+/t30?,39-,43-/m1/s1. The third-order valence-corrected chi connectivity index (χ3v) is 12.5. The van der Waals surface area contributed by atoms with E-state index in [0.29, 0.717) is 18.4 Å². The second-order valence-electron chi connectivity index (χ2n) is 14.5. The van der Waals surface area contributed by atoms with Crippen LogP contribution < -0.4 is 11.1 Å². The van der Waals surface area contributed by atoms with Crippen LogP contribution in [0.5, 0.6) is 0 Å². The molecule has 1 unspecified atom stereocenters. The highest BCUT2D eigenvalue weighted by molar-refractivity contribution is 8.00. The number of nitrogens with one attached hydrogen (secondary N) is 1. The van der Waals surface area contributed by atoms with Crippen molar-refractivity contribution < 1.29 is 38.2 Å². The number of pyridine rings is 1. The van der Waals surface area contributed by atoms with Crippen molar-refractivity contribution in [3.63, 3.8) is 0 Å². The first-order chi connectivity index (χ1) is 30.5. The number of nitrogen functional groups attached to an aromatic ring is 1. The number of β-lactam (4-membered cyclic amide) rings is 1. The van der Waals surface area contributed by atoms with Crippen molar-refractivity contribution in [2.75, 3.05) is 11.5 Å². The molecule has 2 aliphatic heterocycles. The summed E-state index contributed by atoms with van der Waals surface area (Å²) in [5.41, 5.74) is 8.85. The maximum absolute atomic E-state index is 14.5. The zero-order valence-electron chi connectivity index (χ0n) is 35.0. The smallest absolute Gasteiger partial charge is 0.431 e. The van der Waals surface area contributed by atoms with E-state index in [-0.39, 0.29) is 34.1 Å². The summed E-state index contributed by atoms with van der Waals surface area (Å²) in [5, 5.41) is 8.45. The number of aryl methyl sites for hydroxylation is 1. The predicted molar refractivity (Wildman–Crippen MR) is 241 cm³/mol. The molecule has 3 aromatic carbocycles. The number of hydrogen-bond acceptors (Lipinski definition) is 14. The molecule has 0 radical (unpaired) electrons. The molecular formula is C47H46N6O8S2. The molecule has 324 valence electrons. The van der Waals surface area contributed by atoms with Crippen LogP contribution in [0, 0.1) is 6.92 Å². The number of esters is 1. The van der Waals surface area contributed by atoms with E-state index in [4.69, 9.17) is 24.8 Å². The van der Waals surface area contributed by atoms with E-state index in [2.05, 4.69) is 20.4 Å². The summed E-state index contributed by atoms with van der Waals surface area (Å²) in [6.07, 6.45) is 3.67. The molecule has 63 heavy (non-hydrogen) atoms. The predicted octanol–water partition coefficient (Wildman–Crippen LogP) is 7.74. The van der Waals surface area contributed by atoms with E-state index in [0.717, 1.165) is 39.3 Å². The van der Waals surface area contributed by atoms with Crippen molar-refractivity contribution in [3.8, 4) is 0 Å². The second-order valence-corrected chi connectivity index (χ2v) is 16.5. The Bertz CT molecular complexity index is 2430. The van der Waals surface area contributed by atoms with Crippen molar-refractivity contribution in [1.29, 1.82) is 0 Å². The number of aromatic nitrogens is 2. The van der Waals surface area contributed by atoms with Crippen molar-refractivity contribution in [2.24, 2.45) is 5.16 Å². The lowest BCUT2D eigenvalue weighted by Gasteiger charge is -2.49. The Labute approximate surface area is 373 Å². The molecule has 2 aliphatic rings. The van der Waals surface area contributed by atoms with Gasteiger partial charge in [-0.05, 0) is 37.0 Å². The molecule has 14 nitrogen and oxygen atoms in total. The largest absolute Gasteiger partial charge is 0.511 e. The first kappa shape index (κ1) is 44.3. The molecule has 5 aromatic rings. The van der Waals surface area contributed by atoms with Gasteiger partial charge >= 0.3 is 12.1 Å². The molecule has 0 aliphatic carbocycles. The number of carbonyl (C=O) groups is 4. The third-order valence-electron chi connectivity index (χ3n) is 10.5. The first-order valence-electron chi connectivity index (χ1n) is 20.3. The van der Waals surface area contributed by atoms with Crippen LogP contribution in [-0.2, 0) is 39.0 Å². The van der Waals surface area contributed by atoms with E-state index in [1.807, 2.05) is 118 Å². The number of fused-ring (bicyclic) bond motifs is 1. The Morgan fingerprint density at radius 2 is 1.52 bits per heavy atom. The second kappa shape index (κ2) is 19.9. The number of benzene rings is 3. The summed E-state index contributed by atoms with van der Waals surface area (Å²) < 4.78 is 16.2.